The van der Waals surface area contributed by atoms with E-state index >= 15 is 0 Å². The summed E-state index contributed by atoms with van der Waals surface area (Å²) < 4.78 is 12.7. The molecule has 0 saturated carbocycles. The van der Waals surface area contributed by atoms with Gasteiger partial charge in [0.05, 0.1) is 0 Å². The summed E-state index contributed by atoms with van der Waals surface area (Å²) in [5.41, 5.74) is 11.5. The van der Waals surface area contributed by atoms with Crippen LogP contribution in [0.15, 0.2) is 54.6 Å². The number of hydrogen-bond acceptors (Lipinski definition) is 4. The van der Waals surface area contributed by atoms with Crippen molar-refractivity contribution in [3.05, 3.63) is 100 Å². The molecular weight excluding hydrogens is 640 g/mol. The molecule has 1 aliphatic rings. The molecule has 0 amide bonds. The molecule has 2 radical (unpaired) electrons. The van der Waals surface area contributed by atoms with E-state index in [-0.39, 0.29) is 0 Å². The number of aryl methyl sites for hydroxylation is 6. The van der Waals surface area contributed by atoms with Gasteiger partial charge in [0.2, 0.25) is 6.67 Å². The number of fused-ring (bicyclic) bond motifs is 1. The zero-order chi connectivity index (χ0) is 29.8. The molecule has 4 aromatic carbocycles. The minimum absolute atomic E-state index is 0.784. The quantitative estimate of drug-likeness (QED) is 0.197. The van der Waals surface area contributed by atoms with Gasteiger partial charge in [-0.1, -0.05) is 35.4 Å². The molecule has 1 heterocycles. The summed E-state index contributed by atoms with van der Waals surface area (Å²) in [7, 11) is 15.2. The van der Waals surface area contributed by atoms with Crippen molar-refractivity contribution >= 4 is 46.1 Å². The minimum Gasteiger partial charge on any atom is -0.339 e. The first-order valence-corrected chi connectivity index (χ1v) is 19.0. The summed E-state index contributed by atoms with van der Waals surface area (Å²) in [5, 5.41) is 2.01. The normalized spacial score (nSPS) is 13.2. The molecule has 0 N–H and O–H groups in total. The molecule has 0 unspecified atom stereocenters. The molecule has 4 nitrogen and oxygen atoms in total. The number of methoxy groups -OCH3 is 2. The fourth-order valence-electron chi connectivity index (χ4n) is 5.86. The first-order chi connectivity index (χ1) is 19.5. The first-order valence-electron chi connectivity index (χ1n) is 13.5. The Kier molecular flexibility index (Phi) is 10.4. The van der Waals surface area contributed by atoms with Gasteiger partial charge in [0.25, 0.3) is 0 Å². The summed E-state index contributed by atoms with van der Waals surface area (Å²) in [6, 6.07) is 18.9. The maximum atomic E-state index is 5.94. The van der Waals surface area contributed by atoms with Gasteiger partial charge in [-0.3, -0.25) is 0 Å². The van der Waals surface area contributed by atoms with E-state index in [1.165, 1.54) is 44.8 Å². The third-order valence-electron chi connectivity index (χ3n) is 7.20. The zero-order valence-electron chi connectivity index (χ0n) is 25.0. The monoisotopic (exact) mass is 678 g/mol. The molecule has 0 aliphatic carbocycles. The van der Waals surface area contributed by atoms with E-state index in [9.17, 15) is 0 Å². The van der Waals surface area contributed by atoms with E-state index in [0.717, 1.165) is 40.9 Å². The van der Waals surface area contributed by atoms with Crippen LogP contribution in [0.1, 0.15) is 38.9 Å². The second-order valence-corrected chi connectivity index (χ2v) is 16.2. The Balaban J connectivity index is 0.000000195. The molecule has 1 saturated heterocycles. The van der Waals surface area contributed by atoms with Gasteiger partial charge >= 0.3 is 119 Å². The summed E-state index contributed by atoms with van der Waals surface area (Å²) in [5.74, 6) is 1.58. The fraction of sp³-hybridized carbons (Fsp3) is 0.294. The Labute approximate surface area is 258 Å². The van der Waals surface area contributed by atoms with Crippen LogP contribution in [0.4, 0.5) is 11.4 Å². The number of rotatable bonds is 5. The second kappa shape index (κ2) is 13.6. The molecule has 0 bridgehead atoms. The van der Waals surface area contributed by atoms with Gasteiger partial charge in [0.15, 0.2) is 0 Å². The second-order valence-electron chi connectivity index (χ2n) is 10.5. The van der Waals surface area contributed by atoms with E-state index < -0.39 is 13.5 Å². The van der Waals surface area contributed by atoms with Crippen molar-refractivity contribution in [2.45, 2.75) is 41.5 Å². The molecule has 218 valence electrons. The Morgan fingerprint density at radius 1 is 0.707 bits per heavy atom. The van der Waals surface area contributed by atoms with Crippen LogP contribution < -0.4 is 19.3 Å². The first kappa shape index (κ1) is 31.4. The van der Waals surface area contributed by atoms with Gasteiger partial charge in [0, 0.05) is 24.5 Å². The number of ether oxygens (including phenoxy) is 2. The Morgan fingerprint density at radius 2 is 1.17 bits per heavy atom. The third kappa shape index (κ3) is 7.08. The molecule has 1 aliphatic heterocycles. The van der Waals surface area contributed by atoms with Crippen LogP contribution in [-0.4, -0.2) is 31.9 Å². The molecule has 1 fully saturated rings. The van der Waals surface area contributed by atoms with Gasteiger partial charge in [0.1, 0.15) is 0 Å². The van der Waals surface area contributed by atoms with Crippen LogP contribution in [-0.2, 0) is 13.5 Å². The van der Waals surface area contributed by atoms with E-state index in [0.29, 0.717) is 0 Å². The summed E-state index contributed by atoms with van der Waals surface area (Å²) in [6.07, 6.45) is 0. The number of anilines is 2. The van der Waals surface area contributed by atoms with Crippen LogP contribution in [0.3, 0.4) is 0 Å². The molecule has 0 atom stereocenters. The third-order valence-corrected chi connectivity index (χ3v) is 9.03. The van der Waals surface area contributed by atoms with Crippen LogP contribution in [0.5, 0.6) is 11.5 Å². The maximum Gasteiger partial charge on any atom is 0.208 e. The number of nitrogens with zero attached hydrogens (tertiary/aromatic N) is 2. The molecule has 41 heavy (non-hydrogen) atoms. The van der Waals surface area contributed by atoms with Gasteiger partial charge in [-0.15, -0.1) is 0 Å². The van der Waals surface area contributed by atoms with Crippen molar-refractivity contribution < 1.29 is 23.0 Å². The standard InChI is InChI=1S/C21H26N2.C13H12O2.2ClH.Ru/c1-14-9-16(3)20(17(4)10-14)22-7-8-23(13-22)21-18(5)11-15(2)12-19(21)6;1-9-8-12(14-2)10-6-4-5-7-11(10)13(9)15-3;;;/h9-12H,7-8H2,1-6H3;1,4-8H,2-3H3;2*1H;/q;;;;+2/p-2. The average molecular weight is 679 g/mol. The van der Waals surface area contributed by atoms with Crippen molar-refractivity contribution in [1.29, 1.82) is 0 Å². The Morgan fingerprint density at radius 3 is 1.59 bits per heavy atom. The van der Waals surface area contributed by atoms with Crippen LogP contribution in [0.2, 0.25) is 0 Å². The molecule has 5 rings (SSSR count). The SMILES string of the molecule is COc1cc([CH]=[Ru]([Cl])[Cl])c(OC)c2ccccc12.Cc1cc(C)c(N2[C]N(c3c(C)cc(C)cc3C)CC2)c(C)c1. The van der Waals surface area contributed by atoms with Crippen LogP contribution >= 0.6 is 19.4 Å². The van der Waals surface area contributed by atoms with Gasteiger partial charge in [-0.05, 0) is 63.8 Å². The topological polar surface area (TPSA) is 24.9 Å². The Bertz CT molecular complexity index is 1490. The minimum atomic E-state index is -1.91. The van der Waals surface area contributed by atoms with Crippen molar-refractivity contribution in [2.24, 2.45) is 0 Å². The molecule has 0 aromatic heterocycles. The van der Waals surface area contributed by atoms with E-state index in [1.54, 1.807) is 14.2 Å². The maximum absolute atomic E-state index is 5.94. The Hall–Kier alpha value is -2.59. The van der Waals surface area contributed by atoms with E-state index in [1.807, 2.05) is 34.9 Å². The molecule has 0 spiro atoms. The molecule has 4 aromatic rings. The number of halogens is 2. The van der Waals surface area contributed by atoms with E-state index in [2.05, 4.69) is 82.3 Å². The van der Waals surface area contributed by atoms with Crippen LogP contribution in [0.25, 0.3) is 10.8 Å². The average Bonchev–Trinajstić information content (AvgIpc) is 3.36. The number of hydrogen-bond donors (Lipinski definition) is 0. The smallest absolute Gasteiger partial charge is 0.208 e. The van der Waals surface area contributed by atoms with Crippen molar-refractivity contribution in [1.82, 2.24) is 0 Å². The fourth-order valence-corrected chi connectivity index (χ4v) is 7.62. The van der Waals surface area contributed by atoms with Crippen molar-refractivity contribution in [2.75, 3.05) is 37.1 Å². The van der Waals surface area contributed by atoms with Crippen molar-refractivity contribution in [3.63, 3.8) is 0 Å². The summed E-state index contributed by atoms with van der Waals surface area (Å²) in [4.78, 5) is 4.56. The molecule has 7 heteroatoms. The largest absolute Gasteiger partial charge is 0.339 e. The van der Waals surface area contributed by atoms with Gasteiger partial charge < -0.3 is 9.80 Å². The van der Waals surface area contributed by atoms with E-state index in [4.69, 9.17) is 28.9 Å². The van der Waals surface area contributed by atoms with Gasteiger partial charge in [-0.25, -0.2) is 0 Å². The predicted molar refractivity (Wildman–Crippen MR) is 173 cm³/mol. The zero-order valence-corrected chi connectivity index (χ0v) is 28.3. The summed E-state index contributed by atoms with van der Waals surface area (Å²) >= 11 is -1.91. The number of benzene rings is 4. The van der Waals surface area contributed by atoms with Crippen molar-refractivity contribution in [3.8, 4) is 11.5 Å². The summed E-state index contributed by atoms with van der Waals surface area (Å²) in [6.45, 7) is 18.7. The van der Waals surface area contributed by atoms with Crippen LogP contribution in [0, 0.1) is 48.2 Å². The molecular formula is C34H38Cl2N2O2Ru. The van der Waals surface area contributed by atoms with Gasteiger partial charge in [-0.2, -0.15) is 0 Å². The predicted octanol–water partition coefficient (Wildman–Crippen LogP) is 8.79.